The van der Waals surface area contributed by atoms with Crippen molar-refractivity contribution in [3.63, 3.8) is 0 Å². The molecular weight excluding hydrogens is 332 g/mol. The van der Waals surface area contributed by atoms with Crippen LogP contribution in [0.25, 0.3) is 11.3 Å². The number of nitrogens with zero attached hydrogens (tertiary/aromatic N) is 2. The number of primary amides is 1. The van der Waals surface area contributed by atoms with Crippen LogP contribution in [-0.2, 0) is 4.79 Å². The number of hydrogen-bond acceptors (Lipinski definition) is 5. The molecule has 1 aromatic carbocycles. The predicted molar refractivity (Wildman–Crippen MR) is 98.5 cm³/mol. The Morgan fingerprint density at radius 2 is 1.96 bits per heavy atom. The van der Waals surface area contributed by atoms with Crippen LogP contribution < -0.4 is 16.2 Å². The van der Waals surface area contributed by atoms with E-state index in [2.05, 4.69) is 4.98 Å². The van der Waals surface area contributed by atoms with Crippen molar-refractivity contribution in [2.75, 3.05) is 25.9 Å². The van der Waals surface area contributed by atoms with Gasteiger partial charge < -0.3 is 21.1 Å². The van der Waals surface area contributed by atoms with Crippen LogP contribution in [0.3, 0.4) is 0 Å². The van der Waals surface area contributed by atoms with Crippen molar-refractivity contribution in [1.82, 2.24) is 9.88 Å². The van der Waals surface area contributed by atoms with E-state index in [9.17, 15) is 9.59 Å². The number of pyridine rings is 1. The molecular formula is C19H22N4O3. The highest BCUT2D eigenvalue weighted by molar-refractivity contribution is 5.95. The zero-order chi connectivity index (χ0) is 18.7. The number of piperidine rings is 1. The molecule has 4 N–H and O–H groups in total. The molecule has 2 heterocycles. The van der Waals surface area contributed by atoms with Crippen LogP contribution in [0.5, 0.6) is 5.75 Å². The average molecular weight is 354 g/mol. The highest BCUT2D eigenvalue weighted by Gasteiger charge is 2.27. The molecule has 1 aliphatic heterocycles. The van der Waals surface area contributed by atoms with Crippen molar-refractivity contribution in [3.8, 4) is 17.0 Å². The highest BCUT2D eigenvalue weighted by atomic mass is 16.5. The molecule has 0 unspecified atom stereocenters. The minimum absolute atomic E-state index is 0.102. The van der Waals surface area contributed by atoms with Gasteiger partial charge >= 0.3 is 0 Å². The minimum Gasteiger partial charge on any atom is -0.492 e. The first-order chi connectivity index (χ1) is 12.5. The molecule has 0 saturated carbocycles. The topological polar surface area (TPSA) is 112 Å². The van der Waals surface area contributed by atoms with Gasteiger partial charge in [-0.3, -0.25) is 14.6 Å². The third kappa shape index (κ3) is 3.46. The summed E-state index contributed by atoms with van der Waals surface area (Å²) in [5.41, 5.74) is 13.8. The SMILES string of the molecule is COc1c(N)ccnc1-c1ccc(C(=O)N2CCC[C@H](C(N)=O)C2)cc1. The number of ether oxygens (including phenoxy) is 1. The van der Waals surface area contributed by atoms with Crippen LogP contribution in [0, 0.1) is 5.92 Å². The molecule has 1 atom stereocenters. The predicted octanol–water partition coefficient (Wildman–Crippen LogP) is 1.68. The van der Waals surface area contributed by atoms with Crippen LogP contribution >= 0.6 is 0 Å². The lowest BCUT2D eigenvalue weighted by Gasteiger charge is -2.31. The summed E-state index contributed by atoms with van der Waals surface area (Å²) in [6.45, 7) is 1.01. The normalized spacial score (nSPS) is 17.0. The molecule has 0 radical (unpaired) electrons. The lowest BCUT2D eigenvalue weighted by atomic mass is 9.96. The second kappa shape index (κ2) is 7.43. The molecule has 26 heavy (non-hydrogen) atoms. The van der Waals surface area contributed by atoms with Gasteiger partial charge in [0, 0.05) is 30.4 Å². The highest BCUT2D eigenvalue weighted by Crippen LogP contribution is 2.32. The number of likely N-dealkylation sites (tertiary alicyclic amines) is 1. The number of amides is 2. The lowest BCUT2D eigenvalue weighted by molar-refractivity contribution is -0.123. The first kappa shape index (κ1) is 17.7. The van der Waals surface area contributed by atoms with Gasteiger partial charge in [-0.2, -0.15) is 0 Å². The fourth-order valence-corrected chi connectivity index (χ4v) is 3.23. The molecule has 1 saturated heterocycles. The van der Waals surface area contributed by atoms with Crippen molar-refractivity contribution in [2.24, 2.45) is 11.7 Å². The van der Waals surface area contributed by atoms with Crippen molar-refractivity contribution in [2.45, 2.75) is 12.8 Å². The van der Waals surface area contributed by atoms with E-state index in [1.807, 2.05) is 12.1 Å². The van der Waals surface area contributed by atoms with Gasteiger partial charge in [0.05, 0.1) is 18.7 Å². The Morgan fingerprint density at radius 1 is 1.23 bits per heavy atom. The second-order valence-corrected chi connectivity index (χ2v) is 6.35. The number of benzene rings is 1. The molecule has 0 aliphatic carbocycles. The molecule has 3 rings (SSSR count). The maximum Gasteiger partial charge on any atom is 0.253 e. The maximum atomic E-state index is 12.7. The zero-order valence-corrected chi connectivity index (χ0v) is 14.6. The number of carbonyl (C=O) groups is 2. The average Bonchev–Trinajstić information content (AvgIpc) is 2.67. The van der Waals surface area contributed by atoms with E-state index in [-0.39, 0.29) is 17.7 Å². The molecule has 136 valence electrons. The third-order valence-electron chi connectivity index (χ3n) is 4.66. The quantitative estimate of drug-likeness (QED) is 0.867. The van der Waals surface area contributed by atoms with Gasteiger partial charge in [-0.15, -0.1) is 0 Å². The van der Waals surface area contributed by atoms with E-state index in [0.29, 0.717) is 35.8 Å². The molecule has 2 amide bonds. The smallest absolute Gasteiger partial charge is 0.253 e. The molecule has 7 nitrogen and oxygen atoms in total. The summed E-state index contributed by atoms with van der Waals surface area (Å²) < 4.78 is 5.33. The number of nitrogen functional groups attached to an aromatic ring is 1. The van der Waals surface area contributed by atoms with Crippen molar-refractivity contribution < 1.29 is 14.3 Å². The number of hydrogen-bond donors (Lipinski definition) is 2. The number of carbonyl (C=O) groups excluding carboxylic acids is 2. The number of rotatable bonds is 4. The molecule has 0 bridgehead atoms. The molecule has 0 spiro atoms. The molecule has 7 heteroatoms. The second-order valence-electron chi connectivity index (χ2n) is 6.35. The van der Waals surface area contributed by atoms with Gasteiger partial charge in [0.25, 0.3) is 5.91 Å². The van der Waals surface area contributed by atoms with E-state index in [1.54, 1.807) is 36.4 Å². The van der Waals surface area contributed by atoms with Gasteiger partial charge in [-0.25, -0.2) is 0 Å². The largest absolute Gasteiger partial charge is 0.492 e. The van der Waals surface area contributed by atoms with Crippen LogP contribution in [-0.4, -0.2) is 41.9 Å². The van der Waals surface area contributed by atoms with Crippen molar-refractivity contribution in [3.05, 3.63) is 42.1 Å². The first-order valence-corrected chi connectivity index (χ1v) is 8.48. The third-order valence-corrected chi connectivity index (χ3v) is 4.66. The Balaban J connectivity index is 1.81. The van der Waals surface area contributed by atoms with Gasteiger partial charge in [-0.1, -0.05) is 12.1 Å². The van der Waals surface area contributed by atoms with Crippen LogP contribution in [0.4, 0.5) is 5.69 Å². The number of methoxy groups -OCH3 is 1. The van der Waals surface area contributed by atoms with E-state index in [1.165, 1.54) is 0 Å². The van der Waals surface area contributed by atoms with Gasteiger partial charge in [0.1, 0.15) is 5.69 Å². The summed E-state index contributed by atoms with van der Waals surface area (Å²) in [4.78, 5) is 30.1. The molecule has 2 aromatic rings. The van der Waals surface area contributed by atoms with Crippen LogP contribution in [0.15, 0.2) is 36.5 Å². The van der Waals surface area contributed by atoms with E-state index in [4.69, 9.17) is 16.2 Å². The Kier molecular flexibility index (Phi) is 5.06. The number of anilines is 1. The zero-order valence-electron chi connectivity index (χ0n) is 14.6. The Morgan fingerprint density at radius 3 is 2.62 bits per heavy atom. The Labute approximate surface area is 151 Å². The molecule has 1 aromatic heterocycles. The molecule has 1 fully saturated rings. The summed E-state index contributed by atoms with van der Waals surface area (Å²) >= 11 is 0. The van der Waals surface area contributed by atoms with E-state index >= 15 is 0 Å². The van der Waals surface area contributed by atoms with Crippen molar-refractivity contribution >= 4 is 17.5 Å². The van der Waals surface area contributed by atoms with E-state index in [0.717, 1.165) is 18.4 Å². The Hall–Kier alpha value is -3.09. The van der Waals surface area contributed by atoms with Crippen LogP contribution in [0.2, 0.25) is 0 Å². The lowest BCUT2D eigenvalue weighted by Crippen LogP contribution is -2.44. The monoisotopic (exact) mass is 354 g/mol. The standard InChI is InChI=1S/C19H22N4O3/c1-26-17-15(20)8-9-22-16(17)12-4-6-13(7-5-12)19(25)23-10-2-3-14(11-23)18(21)24/h4-9,14H,2-3,10-11H2,1H3,(H2,20,22)(H2,21,24)/t14-/m0/s1. The fourth-order valence-electron chi connectivity index (χ4n) is 3.23. The summed E-state index contributed by atoms with van der Waals surface area (Å²) in [6.07, 6.45) is 3.13. The van der Waals surface area contributed by atoms with Gasteiger partial charge in [0.2, 0.25) is 5.91 Å². The minimum atomic E-state index is -0.349. The maximum absolute atomic E-state index is 12.7. The van der Waals surface area contributed by atoms with E-state index < -0.39 is 0 Å². The Bertz CT molecular complexity index is 820. The molecule has 1 aliphatic rings. The van der Waals surface area contributed by atoms with Crippen LogP contribution in [0.1, 0.15) is 23.2 Å². The number of aromatic nitrogens is 1. The summed E-state index contributed by atoms with van der Waals surface area (Å²) in [5.74, 6) is -0.215. The van der Waals surface area contributed by atoms with Crippen molar-refractivity contribution in [1.29, 1.82) is 0 Å². The van der Waals surface area contributed by atoms with Gasteiger partial charge in [0.15, 0.2) is 5.75 Å². The summed E-state index contributed by atoms with van der Waals surface area (Å²) in [6, 6.07) is 8.79. The number of nitrogens with two attached hydrogens (primary N) is 2. The first-order valence-electron chi connectivity index (χ1n) is 8.48. The van der Waals surface area contributed by atoms with Gasteiger partial charge in [-0.05, 0) is 31.0 Å². The summed E-state index contributed by atoms with van der Waals surface area (Å²) in [5, 5.41) is 0. The fraction of sp³-hybridized carbons (Fsp3) is 0.316. The summed E-state index contributed by atoms with van der Waals surface area (Å²) in [7, 11) is 1.54.